The molecule has 0 fully saturated rings. The van der Waals surface area contributed by atoms with Crippen molar-refractivity contribution in [3.8, 4) is 5.69 Å². The molecule has 4 heteroatoms. The minimum atomic E-state index is -0.512. The molecule has 1 heterocycles. The topological polar surface area (TPSA) is 50.1 Å². The van der Waals surface area contributed by atoms with Gasteiger partial charge in [0.05, 0.1) is 18.0 Å². The lowest BCUT2D eigenvalue weighted by Crippen LogP contribution is -2.16. The van der Waals surface area contributed by atoms with Gasteiger partial charge in [-0.25, -0.2) is 4.68 Å². The maximum absolute atomic E-state index is 9.76. The smallest absolute Gasteiger partial charge is 0.0944 e. The molecule has 0 radical (unpaired) electrons. The van der Waals surface area contributed by atoms with Crippen molar-refractivity contribution in [3.05, 3.63) is 48.3 Å². The minimum Gasteiger partial charge on any atom is -0.387 e. The van der Waals surface area contributed by atoms with Crippen LogP contribution in [0.25, 0.3) is 5.69 Å². The summed E-state index contributed by atoms with van der Waals surface area (Å²) in [6.07, 6.45) is 3.02. The summed E-state index contributed by atoms with van der Waals surface area (Å²) in [5, 5.41) is 16.9. The van der Waals surface area contributed by atoms with Gasteiger partial charge in [-0.2, -0.15) is 5.10 Å². The molecule has 16 heavy (non-hydrogen) atoms. The Morgan fingerprint density at radius 3 is 2.81 bits per heavy atom. The Hall–Kier alpha value is -1.65. The third-order valence-corrected chi connectivity index (χ3v) is 2.41. The molecule has 0 spiro atoms. The maximum atomic E-state index is 9.76. The van der Waals surface area contributed by atoms with Crippen molar-refractivity contribution in [2.45, 2.75) is 6.10 Å². The summed E-state index contributed by atoms with van der Waals surface area (Å²) in [6.45, 7) is 0.528. The molecule has 2 rings (SSSR count). The van der Waals surface area contributed by atoms with Crippen LogP contribution in [0.2, 0.25) is 0 Å². The predicted octanol–water partition coefficient (Wildman–Crippen LogP) is 1.13. The fraction of sp³-hybridized carbons (Fsp3) is 0.250. The van der Waals surface area contributed by atoms with Crippen LogP contribution in [0, 0.1) is 0 Å². The van der Waals surface area contributed by atoms with Gasteiger partial charge >= 0.3 is 0 Å². The van der Waals surface area contributed by atoms with Crippen molar-refractivity contribution < 1.29 is 5.11 Å². The van der Waals surface area contributed by atoms with Gasteiger partial charge in [-0.3, -0.25) is 0 Å². The second kappa shape index (κ2) is 4.92. The zero-order valence-corrected chi connectivity index (χ0v) is 9.17. The van der Waals surface area contributed by atoms with E-state index in [1.165, 1.54) is 0 Å². The Morgan fingerprint density at radius 1 is 1.38 bits per heavy atom. The SMILES string of the molecule is CNCC(O)c1cnn(-c2ccccc2)c1. The van der Waals surface area contributed by atoms with Crippen molar-refractivity contribution in [1.29, 1.82) is 0 Å². The average Bonchev–Trinajstić information content (AvgIpc) is 2.80. The van der Waals surface area contributed by atoms with Crippen molar-refractivity contribution in [3.63, 3.8) is 0 Å². The number of aliphatic hydroxyl groups excluding tert-OH is 1. The molecule has 0 aliphatic heterocycles. The Kier molecular flexibility index (Phi) is 3.34. The molecule has 0 amide bonds. The Balaban J connectivity index is 2.20. The molecule has 0 saturated heterocycles. The number of nitrogens with one attached hydrogen (secondary N) is 1. The van der Waals surface area contributed by atoms with Crippen LogP contribution in [0.1, 0.15) is 11.7 Å². The van der Waals surface area contributed by atoms with Gasteiger partial charge in [-0.15, -0.1) is 0 Å². The Labute approximate surface area is 94.5 Å². The van der Waals surface area contributed by atoms with Gasteiger partial charge in [0, 0.05) is 18.3 Å². The number of hydrogen-bond acceptors (Lipinski definition) is 3. The molecule has 1 aromatic carbocycles. The lowest BCUT2D eigenvalue weighted by Gasteiger charge is -2.06. The predicted molar refractivity (Wildman–Crippen MR) is 62.5 cm³/mol. The normalized spacial score (nSPS) is 12.6. The van der Waals surface area contributed by atoms with E-state index in [4.69, 9.17) is 0 Å². The Morgan fingerprint density at radius 2 is 2.12 bits per heavy atom. The highest BCUT2D eigenvalue weighted by atomic mass is 16.3. The number of aromatic nitrogens is 2. The van der Waals surface area contributed by atoms with E-state index >= 15 is 0 Å². The molecule has 0 bridgehead atoms. The zero-order chi connectivity index (χ0) is 11.4. The lowest BCUT2D eigenvalue weighted by molar-refractivity contribution is 0.178. The van der Waals surface area contributed by atoms with E-state index in [9.17, 15) is 5.11 Å². The fourth-order valence-electron chi connectivity index (χ4n) is 1.54. The molecular weight excluding hydrogens is 202 g/mol. The van der Waals surface area contributed by atoms with Gasteiger partial charge in [-0.05, 0) is 19.2 Å². The molecule has 0 aliphatic carbocycles. The summed E-state index contributed by atoms with van der Waals surface area (Å²) in [6, 6.07) is 9.83. The molecule has 1 atom stereocenters. The quantitative estimate of drug-likeness (QED) is 0.807. The molecule has 4 nitrogen and oxygen atoms in total. The third-order valence-electron chi connectivity index (χ3n) is 2.41. The van der Waals surface area contributed by atoms with E-state index in [2.05, 4.69) is 10.4 Å². The number of para-hydroxylation sites is 1. The second-order valence-corrected chi connectivity index (χ2v) is 3.63. The van der Waals surface area contributed by atoms with Crippen LogP contribution in [0.3, 0.4) is 0 Å². The van der Waals surface area contributed by atoms with Gasteiger partial charge in [0.1, 0.15) is 0 Å². The molecule has 0 saturated carbocycles. The van der Waals surface area contributed by atoms with Gasteiger partial charge in [0.15, 0.2) is 0 Å². The highest BCUT2D eigenvalue weighted by Crippen LogP contribution is 2.13. The first-order valence-electron chi connectivity index (χ1n) is 5.24. The van der Waals surface area contributed by atoms with E-state index in [1.807, 2.05) is 43.6 Å². The summed E-state index contributed by atoms with van der Waals surface area (Å²) in [5.41, 5.74) is 1.81. The molecule has 2 aromatic rings. The molecular formula is C12H15N3O. The number of hydrogen-bond donors (Lipinski definition) is 2. The summed E-state index contributed by atoms with van der Waals surface area (Å²) in [7, 11) is 1.81. The first kappa shape index (κ1) is 10.9. The van der Waals surface area contributed by atoms with Gasteiger partial charge < -0.3 is 10.4 Å². The largest absolute Gasteiger partial charge is 0.387 e. The van der Waals surface area contributed by atoms with Crippen LogP contribution >= 0.6 is 0 Å². The number of nitrogens with zero attached hydrogens (tertiary/aromatic N) is 2. The molecule has 1 aromatic heterocycles. The van der Waals surface area contributed by atoms with Crippen molar-refractivity contribution in [2.75, 3.05) is 13.6 Å². The van der Waals surface area contributed by atoms with Crippen molar-refractivity contribution in [2.24, 2.45) is 0 Å². The molecule has 84 valence electrons. The van der Waals surface area contributed by atoms with Crippen molar-refractivity contribution in [1.82, 2.24) is 15.1 Å². The Bertz CT molecular complexity index is 439. The summed E-state index contributed by atoms with van der Waals surface area (Å²) >= 11 is 0. The molecule has 1 unspecified atom stereocenters. The van der Waals surface area contributed by atoms with Crippen LogP contribution in [-0.2, 0) is 0 Å². The summed E-state index contributed by atoms with van der Waals surface area (Å²) in [4.78, 5) is 0. The number of benzene rings is 1. The summed E-state index contributed by atoms with van der Waals surface area (Å²) < 4.78 is 1.76. The number of aliphatic hydroxyl groups is 1. The highest BCUT2D eigenvalue weighted by Gasteiger charge is 2.09. The zero-order valence-electron chi connectivity index (χ0n) is 9.17. The summed E-state index contributed by atoms with van der Waals surface area (Å²) in [5.74, 6) is 0. The van der Waals surface area contributed by atoms with E-state index in [-0.39, 0.29) is 0 Å². The fourth-order valence-corrected chi connectivity index (χ4v) is 1.54. The van der Waals surface area contributed by atoms with E-state index in [0.717, 1.165) is 11.3 Å². The lowest BCUT2D eigenvalue weighted by atomic mass is 10.2. The molecule has 0 aliphatic rings. The van der Waals surface area contributed by atoms with Crippen LogP contribution in [0.4, 0.5) is 0 Å². The third kappa shape index (κ3) is 2.29. The van der Waals surface area contributed by atoms with Crippen LogP contribution in [0.5, 0.6) is 0 Å². The van der Waals surface area contributed by atoms with E-state index in [0.29, 0.717) is 6.54 Å². The second-order valence-electron chi connectivity index (χ2n) is 3.63. The monoisotopic (exact) mass is 217 g/mol. The van der Waals surface area contributed by atoms with Crippen LogP contribution in [0.15, 0.2) is 42.7 Å². The van der Waals surface area contributed by atoms with Gasteiger partial charge in [0.25, 0.3) is 0 Å². The van der Waals surface area contributed by atoms with Crippen molar-refractivity contribution >= 4 is 0 Å². The maximum Gasteiger partial charge on any atom is 0.0944 e. The van der Waals surface area contributed by atoms with E-state index in [1.54, 1.807) is 10.9 Å². The van der Waals surface area contributed by atoms with E-state index < -0.39 is 6.10 Å². The van der Waals surface area contributed by atoms with Crippen LogP contribution < -0.4 is 5.32 Å². The standard InChI is InChI=1S/C12H15N3O/c1-13-8-12(16)10-7-14-15(9-10)11-5-3-2-4-6-11/h2-7,9,12-13,16H,8H2,1H3. The molecule has 2 N–H and O–H groups in total. The van der Waals surface area contributed by atoms with Gasteiger partial charge in [0.2, 0.25) is 0 Å². The van der Waals surface area contributed by atoms with Crippen LogP contribution in [-0.4, -0.2) is 28.5 Å². The average molecular weight is 217 g/mol. The number of rotatable bonds is 4. The van der Waals surface area contributed by atoms with Gasteiger partial charge in [-0.1, -0.05) is 18.2 Å². The first-order chi connectivity index (χ1) is 7.81. The minimum absolute atomic E-state index is 0.512. The first-order valence-corrected chi connectivity index (χ1v) is 5.24. The number of likely N-dealkylation sites (N-methyl/N-ethyl adjacent to an activating group) is 1. The highest BCUT2D eigenvalue weighted by molar-refractivity contribution is 5.31.